The van der Waals surface area contributed by atoms with Crippen LogP contribution in [0.15, 0.2) is 76.6 Å². The molecule has 0 aliphatic rings. The molecule has 0 aliphatic heterocycles. The lowest BCUT2D eigenvalue weighted by Crippen LogP contribution is -2.16. The maximum Gasteiger partial charge on any atom is 0.255 e. The molecule has 7 heteroatoms. The smallest absolute Gasteiger partial charge is 0.255 e. The maximum atomic E-state index is 12.9. The molecule has 25 heavy (non-hydrogen) atoms. The minimum atomic E-state index is -3.76. The molecule has 0 aliphatic carbocycles. The lowest BCUT2D eigenvalue weighted by molar-refractivity contribution is 0.485. The van der Waals surface area contributed by atoms with Crippen molar-refractivity contribution >= 4 is 10.0 Å². The highest BCUT2D eigenvalue weighted by molar-refractivity contribution is 7.89. The molecule has 0 fully saturated rings. The third-order valence-electron chi connectivity index (χ3n) is 3.77. The Kier molecular flexibility index (Phi) is 4.52. The maximum absolute atomic E-state index is 12.9. The van der Waals surface area contributed by atoms with Gasteiger partial charge in [-0.15, -0.1) is 0 Å². The first kappa shape index (κ1) is 17.1. The van der Waals surface area contributed by atoms with Crippen LogP contribution in [0.25, 0.3) is 16.8 Å². The van der Waals surface area contributed by atoms with Crippen molar-refractivity contribution in [1.82, 2.24) is 4.57 Å². The molecule has 5 nitrogen and oxygen atoms in total. The van der Waals surface area contributed by atoms with Crippen molar-refractivity contribution in [3.63, 3.8) is 0 Å². The van der Waals surface area contributed by atoms with Crippen LogP contribution in [0.4, 0.5) is 4.39 Å². The average Bonchev–Trinajstić information content (AvgIpc) is 2.61. The lowest BCUT2D eigenvalue weighted by Gasteiger charge is -2.10. The SMILES string of the molecule is NS(=O)(=O)c1ccc(-c2ccc(=O)n(-c3cccc(CF)c3)c2)cc1. The number of pyridine rings is 1. The quantitative estimate of drug-likeness (QED) is 0.778. The number of alkyl halides is 1. The largest absolute Gasteiger partial charge is 0.284 e. The highest BCUT2D eigenvalue weighted by Gasteiger charge is 2.09. The molecule has 0 spiro atoms. The molecular weight excluding hydrogens is 343 g/mol. The van der Waals surface area contributed by atoms with Gasteiger partial charge in [0.1, 0.15) is 6.67 Å². The summed E-state index contributed by atoms with van der Waals surface area (Å²) in [6.07, 6.45) is 1.63. The summed E-state index contributed by atoms with van der Waals surface area (Å²) in [6.45, 7) is -0.614. The van der Waals surface area contributed by atoms with Crippen molar-refractivity contribution in [3.05, 3.63) is 82.8 Å². The van der Waals surface area contributed by atoms with Crippen LogP contribution in [0.3, 0.4) is 0 Å². The van der Waals surface area contributed by atoms with Gasteiger partial charge in [0.2, 0.25) is 10.0 Å². The van der Waals surface area contributed by atoms with Gasteiger partial charge in [0.05, 0.1) is 4.90 Å². The third kappa shape index (κ3) is 3.67. The summed E-state index contributed by atoms with van der Waals surface area (Å²) in [6, 6.07) is 15.7. The van der Waals surface area contributed by atoms with Crippen LogP contribution in [0.2, 0.25) is 0 Å². The molecule has 2 N–H and O–H groups in total. The fourth-order valence-corrected chi connectivity index (χ4v) is 3.00. The molecule has 3 aromatic rings. The van der Waals surface area contributed by atoms with E-state index in [1.165, 1.54) is 22.8 Å². The highest BCUT2D eigenvalue weighted by Crippen LogP contribution is 2.21. The number of nitrogens with two attached hydrogens (primary N) is 1. The molecule has 0 unspecified atom stereocenters. The van der Waals surface area contributed by atoms with E-state index in [4.69, 9.17) is 5.14 Å². The zero-order valence-electron chi connectivity index (χ0n) is 13.1. The average molecular weight is 358 g/mol. The van der Waals surface area contributed by atoms with E-state index in [0.29, 0.717) is 16.8 Å². The number of primary sulfonamides is 1. The summed E-state index contributed by atoms with van der Waals surface area (Å²) in [4.78, 5) is 12.2. The Hall–Kier alpha value is -2.77. The van der Waals surface area contributed by atoms with E-state index >= 15 is 0 Å². The number of benzene rings is 2. The van der Waals surface area contributed by atoms with Crippen LogP contribution in [-0.4, -0.2) is 13.0 Å². The Morgan fingerprint density at radius 1 is 0.960 bits per heavy atom. The van der Waals surface area contributed by atoms with Crippen LogP contribution in [-0.2, 0) is 16.7 Å². The Balaban J connectivity index is 2.06. The molecular formula is C18H15FN2O3S. The van der Waals surface area contributed by atoms with Gasteiger partial charge >= 0.3 is 0 Å². The molecule has 1 heterocycles. The predicted molar refractivity (Wildman–Crippen MR) is 93.7 cm³/mol. The summed E-state index contributed by atoms with van der Waals surface area (Å²) in [7, 11) is -3.76. The van der Waals surface area contributed by atoms with Crippen molar-refractivity contribution in [3.8, 4) is 16.8 Å². The summed E-state index contributed by atoms with van der Waals surface area (Å²) in [5.74, 6) is 0. The monoisotopic (exact) mass is 358 g/mol. The number of aromatic nitrogens is 1. The number of nitrogens with zero attached hydrogens (tertiary/aromatic N) is 1. The molecule has 0 saturated heterocycles. The first-order chi connectivity index (χ1) is 11.9. The molecule has 0 radical (unpaired) electrons. The second kappa shape index (κ2) is 6.62. The molecule has 0 bridgehead atoms. The molecule has 0 amide bonds. The fourth-order valence-electron chi connectivity index (χ4n) is 2.49. The molecule has 1 aromatic heterocycles. The van der Waals surface area contributed by atoms with Gasteiger partial charge in [0.25, 0.3) is 5.56 Å². The van der Waals surface area contributed by atoms with E-state index in [1.54, 1.807) is 48.7 Å². The number of halogens is 1. The van der Waals surface area contributed by atoms with Crippen LogP contribution in [0.5, 0.6) is 0 Å². The molecule has 0 atom stereocenters. The van der Waals surface area contributed by atoms with Crippen molar-refractivity contribution in [2.45, 2.75) is 11.6 Å². The van der Waals surface area contributed by atoms with Gasteiger partial charge in [0, 0.05) is 18.0 Å². The molecule has 3 rings (SSSR count). The zero-order valence-corrected chi connectivity index (χ0v) is 13.9. The third-order valence-corrected chi connectivity index (χ3v) is 4.70. The Labute approximate surface area is 144 Å². The van der Waals surface area contributed by atoms with Crippen LogP contribution >= 0.6 is 0 Å². The van der Waals surface area contributed by atoms with Gasteiger partial charge in [-0.1, -0.05) is 24.3 Å². The number of hydrogen-bond acceptors (Lipinski definition) is 3. The van der Waals surface area contributed by atoms with Gasteiger partial charge in [-0.3, -0.25) is 9.36 Å². The summed E-state index contributed by atoms with van der Waals surface area (Å²) in [5, 5.41) is 5.09. The topological polar surface area (TPSA) is 82.2 Å². The Morgan fingerprint density at radius 3 is 2.28 bits per heavy atom. The second-order valence-corrected chi connectivity index (χ2v) is 7.06. The van der Waals surface area contributed by atoms with Crippen molar-refractivity contribution in [2.75, 3.05) is 0 Å². The minimum Gasteiger partial charge on any atom is -0.284 e. The van der Waals surface area contributed by atoms with E-state index < -0.39 is 16.7 Å². The van der Waals surface area contributed by atoms with E-state index in [2.05, 4.69) is 0 Å². The van der Waals surface area contributed by atoms with Crippen molar-refractivity contribution < 1.29 is 12.8 Å². The normalized spacial score (nSPS) is 11.4. The predicted octanol–water partition coefficient (Wildman–Crippen LogP) is 2.62. The van der Waals surface area contributed by atoms with E-state index in [9.17, 15) is 17.6 Å². The van der Waals surface area contributed by atoms with Gasteiger partial charge < -0.3 is 0 Å². The highest BCUT2D eigenvalue weighted by atomic mass is 32.2. The van der Waals surface area contributed by atoms with Crippen molar-refractivity contribution in [1.29, 1.82) is 0 Å². The Morgan fingerprint density at radius 2 is 1.64 bits per heavy atom. The van der Waals surface area contributed by atoms with Gasteiger partial charge in [-0.25, -0.2) is 17.9 Å². The number of sulfonamides is 1. The van der Waals surface area contributed by atoms with Crippen LogP contribution in [0, 0.1) is 0 Å². The van der Waals surface area contributed by atoms with E-state index in [0.717, 1.165) is 5.56 Å². The second-order valence-electron chi connectivity index (χ2n) is 5.50. The van der Waals surface area contributed by atoms with Gasteiger partial charge in [-0.05, 0) is 47.0 Å². The van der Waals surface area contributed by atoms with Crippen LogP contribution < -0.4 is 10.7 Å². The first-order valence-electron chi connectivity index (χ1n) is 7.40. The van der Waals surface area contributed by atoms with E-state index in [1.807, 2.05) is 0 Å². The standard InChI is InChI=1S/C18H15FN2O3S/c19-11-13-2-1-3-16(10-13)21-12-15(6-9-18(21)22)14-4-7-17(8-5-14)25(20,23)24/h1-10,12H,11H2,(H2,20,23,24). The van der Waals surface area contributed by atoms with E-state index in [-0.39, 0.29) is 10.5 Å². The number of hydrogen-bond donors (Lipinski definition) is 1. The zero-order chi connectivity index (χ0) is 18.0. The molecule has 128 valence electrons. The summed E-state index contributed by atoms with van der Waals surface area (Å²) < 4.78 is 36.9. The number of rotatable bonds is 4. The Bertz CT molecular complexity index is 1070. The first-order valence-corrected chi connectivity index (χ1v) is 8.94. The minimum absolute atomic E-state index is 0.0141. The van der Waals surface area contributed by atoms with Crippen LogP contribution in [0.1, 0.15) is 5.56 Å². The van der Waals surface area contributed by atoms with Gasteiger partial charge in [0.15, 0.2) is 0 Å². The summed E-state index contributed by atoms with van der Waals surface area (Å²) in [5.41, 5.74) is 2.23. The lowest BCUT2D eigenvalue weighted by atomic mass is 10.1. The van der Waals surface area contributed by atoms with Crippen molar-refractivity contribution in [2.24, 2.45) is 5.14 Å². The fraction of sp³-hybridized carbons (Fsp3) is 0.0556. The molecule has 2 aromatic carbocycles. The summed E-state index contributed by atoms with van der Waals surface area (Å²) >= 11 is 0. The molecule has 0 saturated carbocycles. The van der Waals surface area contributed by atoms with Gasteiger partial charge in [-0.2, -0.15) is 0 Å².